The van der Waals surface area contributed by atoms with Crippen molar-refractivity contribution in [2.45, 2.75) is 6.10 Å². The van der Waals surface area contributed by atoms with Crippen LogP contribution in [-0.4, -0.2) is 19.3 Å². The fourth-order valence-corrected chi connectivity index (χ4v) is 2.86. The lowest BCUT2D eigenvalue weighted by molar-refractivity contribution is 0.214. The Hall–Kier alpha value is -1.04. The van der Waals surface area contributed by atoms with Crippen molar-refractivity contribution in [1.29, 1.82) is 0 Å². The molecule has 3 nitrogen and oxygen atoms in total. The molecule has 0 saturated carbocycles. The summed E-state index contributed by atoms with van der Waals surface area (Å²) in [5.74, 6) is 1.25. The number of methoxy groups -OCH3 is 2. The third-order valence-corrected chi connectivity index (χ3v) is 4.08. The number of ether oxygens (including phenoxy) is 2. The summed E-state index contributed by atoms with van der Waals surface area (Å²) in [7, 11) is 3.16. The van der Waals surface area contributed by atoms with Crippen molar-refractivity contribution in [2.75, 3.05) is 14.2 Å². The van der Waals surface area contributed by atoms with Gasteiger partial charge in [-0.2, -0.15) is 0 Å². The number of aliphatic hydroxyl groups excluding tert-OH is 1. The molecular formula is C15H14Br2O3. The summed E-state index contributed by atoms with van der Waals surface area (Å²) in [6.07, 6.45) is -0.788. The van der Waals surface area contributed by atoms with Crippen LogP contribution in [0.25, 0.3) is 0 Å². The Labute approximate surface area is 134 Å². The molecule has 20 heavy (non-hydrogen) atoms. The fourth-order valence-electron chi connectivity index (χ4n) is 1.95. The number of rotatable bonds is 4. The molecule has 0 saturated heterocycles. The van der Waals surface area contributed by atoms with Gasteiger partial charge in [-0.15, -0.1) is 0 Å². The van der Waals surface area contributed by atoms with Gasteiger partial charge in [-0.1, -0.05) is 28.1 Å². The van der Waals surface area contributed by atoms with Crippen molar-refractivity contribution in [3.63, 3.8) is 0 Å². The molecule has 0 spiro atoms. The zero-order valence-electron chi connectivity index (χ0n) is 11.1. The van der Waals surface area contributed by atoms with E-state index in [0.717, 1.165) is 14.5 Å². The molecule has 0 heterocycles. The van der Waals surface area contributed by atoms with Gasteiger partial charge in [0.2, 0.25) is 0 Å². The smallest absolute Gasteiger partial charge is 0.133 e. The maximum absolute atomic E-state index is 10.6. The van der Waals surface area contributed by atoms with Gasteiger partial charge in [-0.05, 0) is 45.8 Å². The molecule has 0 aliphatic heterocycles. The molecule has 2 aromatic rings. The molecule has 0 aliphatic rings. The highest BCUT2D eigenvalue weighted by atomic mass is 79.9. The number of hydrogen-bond donors (Lipinski definition) is 1. The Morgan fingerprint density at radius 1 is 1.00 bits per heavy atom. The van der Waals surface area contributed by atoms with Crippen molar-refractivity contribution < 1.29 is 14.6 Å². The van der Waals surface area contributed by atoms with Gasteiger partial charge in [0.15, 0.2) is 0 Å². The lowest BCUT2D eigenvalue weighted by Gasteiger charge is -2.17. The van der Waals surface area contributed by atoms with E-state index in [1.54, 1.807) is 26.4 Å². The van der Waals surface area contributed by atoms with Crippen molar-refractivity contribution in [3.05, 3.63) is 56.5 Å². The number of benzene rings is 2. The van der Waals surface area contributed by atoms with E-state index < -0.39 is 6.10 Å². The molecule has 0 bridgehead atoms. The maximum Gasteiger partial charge on any atom is 0.133 e. The number of halogens is 2. The summed E-state index contributed by atoms with van der Waals surface area (Å²) < 4.78 is 12.3. The minimum absolute atomic E-state index is 0.602. The second-order valence-corrected chi connectivity index (χ2v) is 5.96. The summed E-state index contributed by atoms with van der Waals surface area (Å²) in [5, 5.41) is 10.6. The van der Waals surface area contributed by atoms with Crippen LogP contribution in [0.1, 0.15) is 17.2 Å². The number of aliphatic hydroxyl groups is 1. The predicted octanol–water partition coefficient (Wildman–Crippen LogP) is 4.31. The Kier molecular flexibility index (Phi) is 5.07. The molecule has 0 amide bonds. The van der Waals surface area contributed by atoms with Gasteiger partial charge in [0.1, 0.15) is 17.6 Å². The standard InChI is InChI=1S/C15H14Br2O3/c1-19-13-8-12(17)14(20-2)7-11(13)15(18)9-4-3-5-10(16)6-9/h3-8,15,18H,1-2H3. The van der Waals surface area contributed by atoms with Crippen LogP contribution in [0.4, 0.5) is 0 Å². The van der Waals surface area contributed by atoms with Gasteiger partial charge in [-0.3, -0.25) is 0 Å². The van der Waals surface area contributed by atoms with E-state index in [2.05, 4.69) is 31.9 Å². The molecule has 106 valence electrons. The van der Waals surface area contributed by atoms with Crippen LogP contribution in [0.2, 0.25) is 0 Å². The van der Waals surface area contributed by atoms with Crippen molar-refractivity contribution >= 4 is 31.9 Å². The van der Waals surface area contributed by atoms with Crippen molar-refractivity contribution in [2.24, 2.45) is 0 Å². The highest BCUT2D eigenvalue weighted by molar-refractivity contribution is 9.10. The first-order valence-corrected chi connectivity index (χ1v) is 7.50. The topological polar surface area (TPSA) is 38.7 Å². The second-order valence-electron chi connectivity index (χ2n) is 4.19. The van der Waals surface area contributed by atoms with Gasteiger partial charge in [-0.25, -0.2) is 0 Å². The first kappa shape index (κ1) is 15.4. The van der Waals surface area contributed by atoms with E-state index in [-0.39, 0.29) is 0 Å². The monoisotopic (exact) mass is 400 g/mol. The van der Waals surface area contributed by atoms with Gasteiger partial charge < -0.3 is 14.6 Å². The second kappa shape index (κ2) is 6.61. The molecule has 2 aromatic carbocycles. The summed E-state index contributed by atoms with van der Waals surface area (Å²) in [4.78, 5) is 0. The molecule has 0 fully saturated rings. The molecular weight excluding hydrogens is 388 g/mol. The van der Waals surface area contributed by atoms with Crippen LogP contribution in [0.5, 0.6) is 11.5 Å². The van der Waals surface area contributed by atoms with Crippen molar-refractivity contribution in [3.8, 4) is 11.5 Å². The Morgan fingerprint density at radius 2 is 1.70 bits per heavy atom. The molecule has 0 aromatic heterocycles. The Bertz CT molecular complexity index is 614. The molecule has 0 radical (unpaired) electrons. The average molecular weight is 402 g/mol. The lowest BCUT2D eigenvalue weighted by atomic mass is 10.0. The highest BCUT2D eigenvalue weighted by Gasteiger charge is 2.18. The minimum Gasteiger partial charge on any atom is -0.496 e. The molecule has 1 N–H and O–H groups in total. The van der Waals surface area contributed by atoms with Crippen LogP contribution < -0.4 is 9.47 Å². The summed E-state index contributed by atoms with van der Waals surface area (Å²) in [6.45, 7) is 0. The average Bonchev–Trinajstić information content (AvgIpc) is 2.46. The van der Waals surface area contributed by atoms with Crippen LogP contribution in [-0.2, 0) is 0 Å². The number of hydrogen-bond acceptors (Lipinski definition) is 3. The summed E-state index contributed by atoms with van der Waals surface area (Å²) in [5.41, 5.74) is 1.44. The quantitative estimate of drug-likeness (QED) is 0.829. The van der Waals surface area contributed by atoms with Crippen molar-refractivity contribution in [1.82, 2.24) is 0 Å². The van der Waals surface area contributed by atoms with Crippen LogP contribution in [0.15, 0.2) is 45.3 Å². The van der Waals surface area contributed by atoms with E-state index in [0.29, 0.717) is 17.1 Å². The predicted molar refractivity (Wildman–Crippen MR) is 85.4 cm³/mol. The summed E-state index contributed by atoms with van der Waals surface area (Å²) >= 11 is 6.81. The SMILES string of the molecule is COc1cc(C(O)c2cccc(Br)c2)c(OC)cc1Br. The molecule has 5 heteroatoms. The lowest BCUT2D eigenvalue weighted by Crippen LogP contribution is -2.03. The fraction of sp³-hybridized carbons (Fsp3) is 0.200. The first-order valence-electron chi connectivity index (χ1n) is 5.91. The molecule has 2 rings (SSSR count). The molecule has 1 unspecified atom stereocenters. The Balaban J connectivity index is 2.50. The van der Waals surface area contributed by atoms with Crippen LogP contribution >= 0.6 is 31.9 Å². The van der Waals surface area contributed by atoms with E-state index in [9.17, 15) is 5.11 Å². The molecule has 0 aliphatic carbocycles. The minimum atomic E-state index is -0.788. The third-order valence-electron chi connectivity index (χ3n) is 2.96. The van der Waals surface area contributed by atoms with Crippen LogP contribution in [0, 0.1) is 0 Å². The van der Waals surface area contributed by atoms with Gasteiger partial charge in [0.25, 0.3) is 0 Å². The van der Waals surface area contributed by atoms with E-state index >= 15 is 0 Å². The zero-order chi connectivity index (χ0) is 14.7. The van der Waals surface area contributed by atoms with E-state index in [1.165, 1.54) is 0 Å². The van der Waals surface area contributed by atoms with E-state index in [1.807, 2.05) is 24.3 Å². The zero-order valence-corrected chi connectivity index (χ0v) is 14.2. The highest BCUT2D eigenvalue weighted by Crippen LogP contribution is 2.38. The van der Waals surface area contributed by atoms with Gasteiger partial charge >= 0.3 is 0 Å². The van der Waals surface area contributed by atoms with Crippen LogP contribution in [0.3, 0.4) is 0 Å². The first-order chi connectivity index (χ1) is 9.56. The Morgan fingerprint density at radius 3 is 2.30 bits per heavy atom. The summed E-state index contributed by atoms with van der Waals surface area (Å²) in [6, 6.07) is 11.1. The third kappa shape index (κ3) is 3.16. The van der Waals surface area contributed by atoms with E-state index in [4.69, 9.17) is 9.47 Å². The normalized spacial score (nSPS) is 12.1. The van der Waals surface area contributed by atoms with Gasteiger partial charge in [0.05, 0.1) is 18.7 Å². The largest absolute Gasteiger partial charge is 0.496 e. The molecule has 1 atom stereocenters. The maximum atomic E-state index is 10.6. The van der Waals surface area contributed by atoms with Gasteiger partial charge in [0, 0.05) is 10.0 Å².